The largest absolute Gasteiger partial charge is 0.472 e. The molecule has 498 valence electrons. The van der Waals surface area contributed by atoms with Crippen LogP contribution in [-0.2, 0) is 65.4 Å². The highest BCUT2D eigenvalue weighted by Gasteiger charge is 2.30. The molecule has 3 unspecified atom stereocenters. The average molecular weight is 1240 g/mol. The molecule has 0 amide bonds. The Morgan fingerprint density at radius 1 is 0.345 bits per heavy atom. The number of hydrogen-bond acceptors (Lipinski definition) is 15. The van der Waals surface area contributed by atoms with Crippen LogP contribution in [0.3, 0.4) is 0 Å². The molecule has 0 bridgehead atoms. The number of hydrogen-bond donors (Lipinski definition) is 3. The average Bonchev–Trinajstić information content (AvgIpc) is 3.46. The van der Waals surface area contributed by atoms with Crippen LogP contribution in [0.15, 0.2) is 0 Å². The van der Waals surface area contributed by atoms with Crippen molar-refractivity contribution in [3.8, 4) is 0 Å². The molecule has 0 fully saturated rings. The third-order valence-corrected chi connectivity index (χ3v) is 17.1. The fraction of sp³-hybridized carbons (Fsp3) is 0.938. The Hall–Kier alpha value is -1.94. The Kier molecular flexibility index (Phi) is 55.0. The molecular formula is C65H126O17P2. The molecule has 0 aliphatic carbocycles. The van der Waals surface area contributed by atoms with Crippen LogP contribution in [-0.4, -0.2) is 96.7 Å². The Morgan fingerprint density at radius 3 is 0.905 bits per heavy atom. The standard InChI is InChI=1S/C65H126O17P2/c1-8-10-11-29-39-46-62(67)75-52-60(82-65(70)49-42-35-28-27-32-38-45-58(7)9-2)54-79-83(71,72)77-50-59(66)51-78-84(73,74)80-55-61(53-76-63(68)47-40-33-25-21-18-14-16-20-24-31-37-44-57(5)6)81-64(69)48-41-34-26-22-17-13-12-15-19-23-30-36-43-56(3)4/h56-61,66H,8-55H2,1-7H3,(H,71,72)(H,73,74)/t58?,59-,60+,61+/m0/s1. The van der Waals surface area contributed by atoms with Gasteiger partial charge in [-0.05, 0) is 43.4 Å². The zero-order chi connectivity index (χ0) is 62.4. The van der Waals surface area contributed by atoms with Crippen molar-refractivity contribution in [3.05, 3.63) is 0 Å². The van der Waals surface area contributed by atoms with E-state index in [9.17, 15) is 43.2 Å². The van der Waals surface area contributed by atoms with Gasteiger partial charge in [-0.15, -0.1) is 0 Å². The number of aliphatic hydroxyl groups is 1. The topological polar surface area (TPSA) is 237 Å². The molecule has 0 aliphatic heterocycles. The quantitative estimate of drug-likeness (QED) is 0.0222. The van der Waals surface area contributed by atoms with Gasteiger partial charge in [-0.2, -0.15) is 0 Å². The van der Waals surface area contributed by atoms with Crippen LogP contribution in [0.1, 0.15) is 318 Å². The van der Waals surface area contributed by atoms with Gasteiger partial charge in [0.2, 0.25) is 0 Å². The van der Waals surface area contributed by atoms with Crippen LogP contribution in [0.5, 0.6) is 0 Å². The number of unbranched alkanes of at least 4 members (excludes halogenated alkanes) is 30. The normalized spacial score (nSPS) is 14.7. The van der Waals surface area contributed by atoms with E-state index in [2.05, 4.69) is 48.5 Å². The van der Waals surface area contributed by atoms with Gasteiger partial charge in [-0.1, -0.05) is 267 Å². The minimum Gasteiger partial charge on any atom is -0.462 e. The molecule has 84 heavy (non-hydrogen) atoms. The number of rotatable bonds is 63. The summed E-state index contributed by atoms with van der Waals surface area (Å²) in [6.45, 7) is 11.7. The van der Waals surface area contributed by atoms with Gasteiger partial charge >= 0.3 is 39.5 Å². The van der Waals surface area contributed by atoms with Crippen LogP contribution in [0.4, 0.5) is 0 Å². The Morgan fingerprint density at radius 2 is 0.607 bits per heavy atom. The highest BCUT2D eigenvalue weighted by atomic mass is 31.2. The lowest BCUT2D eigenvalue weighted by Gasteiger charge is -2.21. The van der Waals surface area contributed by atoms with Crippen LogP contribution in [0.2, 0.25) is 0 Å². The zero-order valence-corrected chi connectivity index (χ0v) is 56.1. The zero-order valence-electron chi connectivity index (χ0n) is 54.4. The maximum Gasteiger partial charge on any atom is 0.472 e. The second kappa shape index (κ2) is 56.3. The summed E-state index contributed by atoms with van der Waals surface area (Å²) >= 11 is 0. The van der Waals surface area contributed by atoms with E-state index in [1.54, 1.807) is 0 Å². The van der Waals surface area contributed by atoms with Crippen molar-refractivity contribution >= 4 is 39.5 Å². The van der Waals surface area contributed by atoms with Crippen LogP contribution in [0, 0.1) is 17.8 Å². The molecule has 0 saturated heterocycles. The number of phosphoric ester groups is 2. The van der Waals surface area contributed by atoms with Crippen molar-refractivity contribution in [1.29, 1.82) is 0 Å². The first-order chi connectivity index (χ1) is 40.3. The predicted molar refractivity (Wildman–Crippen MR) is 335 cm³/mol. The first-order valence-electron chi connectivity index (χ1n) is 33.9. The highest BCUT2D eigenvalue weighted by molar-refractivity contribution is 7.47. The van der Waals surface area contributed by atoms with E-state index in [1.807, 2.05) is 0 Å². The summed E-state index contributed by atoms with van der Waals surface area (Å²) in [4.78, 5) is 72.0. The molecule has 0 saturated carbocycles. The minimum atomic E-state index is -4.95. The lowest BCUT2D eigenvalue weighted by molar-refractivity contribution is -0.161. The van der Waals surface area contributed by atoms with Crippen molar-refractivity contribution < 1.29 is 80.2 Å². The summed E-state index contributed by atoms with van der Waals surface area (Å²) < 4.78 is 67.9. The van der Waals surface area contributed by atoms with E-state index in [4.69, 9.17) is 37.0 Å². The summed E-state index contributed by atoms with van der Waals surface area (Å²) in [5.41, 5.74) is 0. The van der Waals surface area contributed by atoms with Crippen molar-refractivity contribution in [2.24, 2.45) is 17.8 Å². The molecule has 0 aromatic rings. The van der Waals surface area contributed by atoms with E-state index < -0.39 is 97.5 Å². The van der Waals surface area contributed by atoms with Gasteiger partial charge in [0.1, 0.15) is 19.3 Å². The van der Waals surface area contributed by atoms with E-state index in [-0.39, 0.29) is 25.7 Å². The highest BCUT2D eigenvalue weighted by Crippen LogP contribution is 2.45. The molecule has 0 aromatic heterocycles. The molecule has 17 nitrogen and oxygen atoms in total. The molecule has 0 rings (SSSR count). The third-order valence-electron chi connectivity index (χ3n) is 15.2. The molecule has 0 radical (unpaired) electrons. The summed E-state index contributed by atoms with van der Waals surface area (Å²) in [6.07, 6.45) is 37.9. The maximum absolute atomic E-state index is 13.0. The van der Waals surface area contributed by atoms with E-state index >= 15 is 0 Å². The predicted octanol–water partition coefficient (Wildman–Crippen LogP) is 17.9. The Labute approximate surface area is 511 Å². The SMILES string of the molecule is CCCCCCCC(=O)OC[C@H](COP(=O)(O)OC[C@H](O)COP(=O)(O)OC[C@@H](COC(=O)CCCCCCCCCCCCCC(C)C)OC(=O)CCCCCCCCCCCCCCC(C)C)OC(=O)CCCCCCCCC(C)CC. The lowest BCUT2D eigenvalue weighted by atomic mass is 10.00. The molecule has 6 atom stereocenters. The molecule has 0 aliphatic rings. The summed E-state index contributed by atoms with van der Waals surface area (Å²) in [5.74, 6) is 0.122. The first-order valence-corrected chi connectivity index (χ1v) is 36.9. The van der Waals surface area contributed by atoms with Gasteiger partial charge in [0, 0.05) is 25.7 Å². The van der Waals surface area contributed by atoms with Crippen molar-refractivity contribution in [2.45, 2.75) is 336 Å². The van der Waals surface area contributed by atoms with E-state index in [0.29, 0.717) is 25.7 Å². The van der Waals surface area contributed by atoms with E-state index in [0.717, 1.165) is 114 Å². The second-order valence-corrected chi connectivity index (χ2v) is 27.6. The van der Waals surface area contributed by atoms with Crippen molar-refractivity contribution in [3.63, 3.8) is 0 Å². The molecular weight excluding hydrogens is 1110 g/mol. The van der Waals surface area contributed by atoms with Crippen LogP contribution < -0.4 is 0 Å². The lowest BCUT2D eigenvalue weighted by Crippen LogP contribution is -2.30. The summed E-state index contributed by atoms with van der Waals surface area (Å²) in [5, 5.41) is 10.5. The fourth-order valence-electron chi connectivity index (χ4n) is 9.62. The minimum absolute atomic E-state index is 0.102. The number of ether oxygens (including phenoxy) is 4. The Bertz CT molecular complexity index is 1670. The fourth-order valence-corrected chi connectivity index (χ4v) is 11.2. The maximum atomic E-state index is 13.0. The first kappa shape index (κ1) is 82.1. The second-order valence-electron chi connectivity index (χ2n) is 24.7. The van der Waals surface area contributed by atoms with Crippen molar-refractivity contribution in [1.82, 2.24) is 0 Å². The smallest absolute Gasteiger partial charge is 0.462 e. The van der Waals surface area contributed by atoms with Gasteiger partial charge in [0.05, 0.1) is 26.4 Å². The van der Waals surface area contributed by atoms with Gasteiger partial charge < -0.3 is 33.8 Å². The number of carbonyl (C=O) groups is 4. The molecule has 19 heteroatoms. The summed E-state index contributed by atoms with van der Waals surface area (Å²) in [6, 6.07) is 0. The monoisotopic (exact) mass is 1240 g/mol. The van der Waals surface area contributed by atoms with Crippen LogP contribution in [0.25, 0.3) is 0 Å². The third kappa shape index (κ3) is 57.8. The van der Waals surface area contributed by atoms with Gasteiger partial charge in [-0.3, -0.25) is 37.3 Å². The van der Waals surface area contributed by atoms with Gasteiger partial charge in [-0.25, -0.2) is 9.13 Å². The van der Waals surface area contributed by atoms with Crippen molar-refractivity contribution in [2.75, 3.05) is 39.6 Å². The summed E-state index contributed by atoms with van der Waals surface area (Å²) in [7, 11) is -9.88. The van der Waals surface area contributed by atoms with Gasteiger partial charge in [0.15, 0.2) is 12.2 Å². The number of esters is 4. The van der Waals surface area contributed by atoms with E-state index in [1.165, 1.54) is 122 Å². The molecule has 0 spiro atoms. The number of aliphatic hydroxyl groups excluding tert-OH is 1. The molecule has 3 N–H and O–H groups in total. The number of carbonyl (C=O) groups excluding carboxylic acids is 4. The molecule has 0 heterocycles. The van der Waals surface area contributed by atoms with Gasteiger partial charge in [0.25, 0.3) is 0 Å². The Balaban J connectivity index is 5.19. The van der Waals surface area contributed by atoms with Crippen LogP contribution >= 0.6 is 15.6 Å². The molecule has 0 aromatic carbocycles. The number of phosphoric acid groups is 2.